The third kappa shape index (κ3) is 5.72. The van der Waals surface area contributed by atoms with Gasteiger partial charge in [-0.1, -0.05) is 30.3 Å². The average molecular weight is 596 g/mol. The van der Waals surface area contributed by atoms with E-state index < -0.39 is 0 Å². The number of nitrogens with zero attached hydrogens (tertiary/aromatic N) is 6. The van der Waals surface area contributed by atoms with Crippen molar-refractivity contribution in [3.63, 3.8) is 0 Å². The smallest absolute Gasteiger partial charge is 0.272 e. The minimum absolute atomic E-state index is 0.0622. The molecule has 13 heteroatoms. The van der Waals surface area contributed by atoms with Gasteiger partial charge in [0.05, 0.1) is 18.6 Å². The SMILES string of the molecule is CN1NN=C(C(c2ccccc2)N2CCN(C(=O)c3cc(-c4nc5cc(NC(=O)[C@H]6CCOC6)ccc5o4)ccn3)CC2)N1. The number of amides is 2. The second-order valence-electron chi connectivity index (χ2n) is 11.1. The lowest BCUT2D eigenvalue weighted by atomic mass is 10.0. The van der Waals surface area contributed by atoms with Crippen LogP contribution in [0, 0.1) is 5.92 Å². The fraction of sp³-hybridized carbons (Fsp3) is 0.323. The fourth-order valence-corrected chi connectivity index (χ4v) is 5.79. The summed E-state index contributed by atoms with van der Waals surface area (Å²) in [7, 11) is 1.86. The highest BCUT2D eigenvalue weighted by Gasteiger charge is 2.33. The van der Waals surface area contributed by atoms with Crippen LogP contribution in [0.15, 0.2) is 76.4 Å². The molecule has 0 spiro atoms. The van der Waals surface area contributed by atoms with Gasteiger partial charge < -0.3 is 19.4 Å². The van der Waals surface area contributed by atoms with Gasteiger partial charge in [-0.2, -0.15) is 0 Å². The number of anilines is 1. The number of benzene rings is 2. The maximum Gasteiger partial charge on any atom is 0.272 e. The Morgan fingerprint density at radius 1 is 1.05 bits per heavy atom. The third-order valence-electron chi connectivity index (χ3n) is 8.13. The zero-order chi connectivity index (χ0) is 30.0. The second-order valence-corrected chi connectivity index (χ2v) is 11.1. The van der Waals surface area contributed by atoms with Crippen LogP contribution in [0.1, 0.15) is 28.5 Å². The number of ether oxygens (including phenoxy) is 1. The Bertz CT molecular complexity index is 1690. The normalized spacial score (nSPS) is 19.8. The van der Waals surface area contributed by atoms with Crippen LogP contribution in [0.5, 0.6) is 0 Å². The van der Waals surface area contributed by atoms with E-state index in [4.69, 9.17) is 9.15 Å². The summed E-state index contributed by atoms with van der Waals surface area (Å²) in [5, 5.41) is 9.13. The van der Waals surface area contributed by atoms with E-state index in [1.54, 1.807) is 41.6 Å². The van der Waals surface area contributed by atoms with E-state index >= 15 is 0 Å². The van der Waals surface area contributed by atoms with Crippen LogP contribution in [0.25, 0.3) is 22.6 Å². The predicted octanol–water partition coefficient (Wildman–Crippen LogP) is 2.63. The molecule has 4 aromatic rings. The molecule has 3 N–H and O–H groups in total. The monoisotopic (exact) mass is 595 g/mol. The number of nitrogens with one attached hydrogen (secondary N) is 3. The van der Waals surface area contributed by atoms with E-state index in [9.17, 15) is 9.59 Å². The number of hydrazine groups is 2. The number of carbonyl (C=O) groups is 2. The Morgan fingerprint density at radius 3 is 2.64 bits per heavy atom. The van der Waals surface area contributed by atoms with Crippen LogP contribution in [0.2, 0.25) is 0 Å². The molecule has 3 aliphatic rings. The summed E-state index contributed by atoms with van der Waals surface area (Å²) in [6.07, 6.45) is 2.32. The van der Waals surface area contributed by atoms with Gasteiger partial charge in [-0.05, 0) is 42.3 Å². The largest absolute Gasteiger partial charge is 0.436 e. The Hall–Kier alpha value is -4.85. The van der Waals surface area contributed by atoms with Crippen molar-refractivity contribution in [3.8, 4) is 11.5 Å². The maximum absolute atomic E-state index is 13.5. The van der Waals surface area contributed by atoms with Gasteiger partial charge in [0, 0.05) is 57.3 Å². The minimum Gasteiger partial charge on any atom is -0.436 e. The van der Waals surface area contributed by atoms with Gasteiger partial charge in [0.15, 0.2) is 11.4 Å². The van der Waals surface area contributed by atoms with Crippen LogP contribution in [0.4, 0.5) is 5.69 Å². The number of hydrazone groups is 1. The highest BCUT2D eigenvalue weighted by Crippen LogP contribution is 2.28. The summed E-state index contributed by atoms with van der Waals surface area (Å²) in [6, 6.07) is 19.0. The summed E-state index contributed by atoms with van der Waals surface area (Å²) in [4.78, 5) is 39.2. The molecule has 0 bridgehead atoms. The number of piperazine rings is 1. The summed E-state index contributed by atoms with van der Waals surface area (Å²) in [5.74, 6) is 0.843. The fourth-order valence-electron chi connectivity index (χ4n) is 5.79. The van der Waals surface area contributed by atoms with Gasteiger partial charge in [0.1, 0.15) is 11.2 Å². The van der Waals surface area contributed by atoms with E-state index in [0.29, 0.717) is 73.3 Å². The van der Waals surface area contributed by atoms with Crippen LogP contribution in [-0.2, 0) is 9.53 Å². The zero-order valence-electron chi connectivity index (χ0n) is 24.3. The number of aromatic nitrogens is 2. The minimum atomic E-state index is -0.141. The quantitative estimate of drug-likeness (QED) is 0.292. The van der Waals surface area contributed by atoms with Gasteiger partial charge in [-0.3, -0.25) is 24.9 Å². The maximum atomic E-state index is 13.5. The van der Waals surface area contributed by atoms with E-state index in [1.807, 2.05) is 30.1 Å². The van der Waals surface area contributed by atoms with Crippen molar-refractivity contribution in [2.75, 3.05) is 51.8 Å². The predicted molar refractivity (Wildman–Crippen MR) is 163 cm³/mol. The molecule has 2 aromatic carbocycles. The van der Waals surface area contributed by atoms with Crippen molar-refractivity contribution in [1.29, 1.82) is 0 Å². The molecule has 5 heterocycles. The molecule has 3 aliphatic heterocycles. The number of amidine groups is 1. The van der Waals surface area contributed by atoms with Gasteiger partial charge in [0.2, 0.25) is 11.8 Å². The molecule has 0 aliphatic carbocycles. The van der Waals surface area contributed by atoms with Crippen molar-refractivity contribution >= 4 is 34.4 Å². The first-order valence-corrected chi connectivity index (χ1v) is 14.7. The molecule has 1 unspecified atom stereocenters. The Labute approximate surface area is 253 Å². The summed E-state index contributed by atoms with van der Waals surface area (Å²) < 4.78 is 11.3. The number of rotatable bonds is 7. The lowest BCUT2D eigenvalue weighted by Crippen LogP contribution is -2.52. The van der Waals surface area contributed by atoms with Crippen LogP contribution in [0.3, 0.4) is 0 Å². The van der Waals surface area contributed by atoms with Gasteiger partial charge in [-0.25, -0.2) is 10.5 Å². The van der Waals surface area contributed by atoms with Crippen LogP contribution >= 0.6 is 0 Å². The Kier molecular flexibility index (Phi) is 7.64. The number of fused-ring (bicyclic) bond motifs is 1. The molecule has 2 aromatic heterocycles. The molecule has 0 saturated carbocycles. The number of pyridine rings is 1. The number of oxazole rings is 1. The number of hydrogen-bond donors (Lipinski definition) is 3. The second kappa shape index (κ2) is 12.0. The first-order valence-electron chi connectivity index (χ1n) is 14.7. The average Bonchev–Trinajstić information content (AvgIpc) is 3.84. The topological polar surface area (TPSA) is 140 Å². The highest BCUT2D eigenvalue weighted by molar-refractivity contribution is 5.95. The molecule has 226 valence electrons. The standard InChI is InChI=1S/C31H33N9O4/c1-38-36-28(35-37-38)27(20-5-3-2-4-6-20)39-12-14-40(15-13-39)31(42)25-17-21(9-11-32-25)30-34-24-18-23(7-8-26(24)44-30)33-29(41)22-10-16-43-19-22/h2-9,11,17-18,22,27,37H,10,12-16,19H2,1H3,(H,33,41)(H,35,36)/t22-,27?/m0/s1. The highest BCUT2D eigenvalue weighted by atomic mass is 16.5. The lowest BCUT2D eigenvalue weighted by molar-refractivity contribution is -0.119. The molecule has 2 saturated heterocycles. The van der Waals surface area contributed by atoms with Crippen molar-refractivity contribution in [1.82, 2.24) is 35.8 Å². The molecular formula is C31H33N9O4. The van der Waals surface area contributed by atoms with E-state index in [1.165, 1.54) is 0 Å². The van der Waals surface area contributed by atoms with Crippen molar-refractivity contribution in [2.24, 2.45) is 11.0 Å². The van der Waals surface area contributed by atoms with Crippen LogP contribution < -0.4 is 16.3 Å². The first-order chi connectivity index (χ1) is 21.5. The summed E-state index contributed by atoms with van der Waals surface area (Å²) in [5.41, 5.74) is 10.1. The van der Waals surface area contributed by atoms with Gasteiger partial charge in [-0.15, -0.1) is 10.2 Å². The van der Waals surface area contributed by atoms with Crippen molar-refractivity contribution in [3.05, 3.63) is 78.1 Å². The van der Waals surface area contributed by atoms with Gasteiger partial charge >= 0.3 is 0 Å². The van der Waals surface area contributed by atoms with E-state index in [2.05, 4.69) is 48.4 Å². The summed E-state index contributed by atoms with van der Waals surface area (Å²) in [6.45, 7) is 3.50. The molecule has 13 nitrogen and oxygen atoms in total. The molecule has 2 amide bonds. The molecule has 0 radical (unpaired) electrons. The summed E-state index contributed by atoms with van der Waals surface area (Å²) >= 11 is 0. The van der Waals surface area contributed by atoms with Gasteiger partial charge in [0.25, 0.3) is 5.91 Å². The van der Waals surface area contributed by atoms with E-state index in [0.717, 1.165) is 17.8 Å². The van der Waals surface area contributed by atoms with E-state index in [-0.39, 0.29) is 23.8 Å². The third-order valence-corrected chi connectivity index (χ3v) is 8.13. The lowest BCUT2D eigenvalue weighted by Gasteiger charge is -2.39. The molecule has 7 rings (SSSR count). The molecule has 44 heavy (non-hydrogen) atoms. The molecule has 2 fully saturated rings. The number of carbonyl (C=O) groups excluding carboxylic acids is 2. The van der Waals surface area contributed by atoms with Crippen LogP contribution in [-0.4, -0.2) is 89.0 Å². The Morgan fingerprint density at radius 2 is 1.89 bits per heavy atom. The van der Waals surface area contributed by atoms with Crippen molar-refractivity contribution < 1.29 is 18.7 Å². The zero-order valence-corrected chi connectivity index (χ0v) is 24.3. The number of hydrogen-bond acceptors (Lipinski definition) is 11. The Balaban J connectivity index is 1.03. The van der Waals surface area contributed by atoms with Crippen molar-refractivity contribution in [2.45, 2.75) is 12.5 Å². The molecular weight excluding hydrogens is 562 g/mol. The molecule has 2 atom stereocenters. The first kappa shape index (κ1) is 28.0.